The smallest absolute Gasteiger partial charge is 0.0914 e. The topological polar surface area (TPSA) is 32.3 Å². The van der Waals surface area contributed by atoms with Crippen LogP contribution in [0.4, 0.5) is 0 Å². The Balaban J connectivity index is 2.39. The number of hydrogen-bond acceptors (Lipinski definition) is 2. The van der Waals surface area contributed by atoms with Gasteiger partial charge in [0.05, 0.1) is 6.10 Å². The van der Waals surface area contributed by atoms with E-state index < -0.39 is 6.10 Å². The van der Waals surface area contributed by atoms with E-state index in [9.17, 15) is 5.11 Å². The van der Waals surface area contributed by atoms with Gasteiger partial charge in [-0.3, -0.25) is 0 Å². The average molecular weight is 241 g/mol. The fourth-order valence-corrected chi connectivity index (χ4v) is 2.09. The highest BCUT2D eigenvalue weighted by atomic mass is 16.3. The standard InChI is InChI=1S/C16H19NO/c1-12-8-9-14(16(18)11-17-2)10-15(12)13-6-4-3-5-7-13/h3-10,16-18H,11H2,1-2H3. The Labute approximate surface area is 108 Å². The molecule has 0 saturated heterocycles. The van der Waals surface area contributed by atoms with Crippen molar-refractivity contribution < 1.29 is 5.11 Å². The number of benzene rings is 2. The van der Waals surface area contributed by atoms with Crippen molar-refractivity contribution in [2.45, 2.75) is 13.0 Å². The predicted molar refractivity (Wildman–Crippen MR) is 75.5 cm³/mol. The van der Waals surface area contributed by atoms with Gasteiger partial charge in [-0.05, 0) is 42.3 Å². The van der Waals surface area contributed by atoms with E-state index in [4.69, 9.17) is 0 Å². The summed E-state index contributed by atoms with van der Waals surface area (Å²) in [5.74, 6) is 0. The summed E-state index contributed by atoms with van der Waals surface area (Å²) in [5.41, 5.74) is 4.55. The molecule has 18 heavy (non-hydrogen) atoms. The number of aliphatic hydroxyl groups excluding tert-OH is 1. The predicted octanol–water partition coefficient (Wildman–Crippen LogP) is 2.91. The summed E-state index contributed by atoms with van der Waals surface area (Å²) in [4.78, 5) is 0. The van der Waals surface area contributed by atoms with Gasteiger partial charge in [0.1, 0.15) is 0 Å². The minimum Gasteiger partial charge on any atom is -0.387 e. The van der Waals surface area contributed by atoms with Crippen LogP contribution in [0, 0.1) is 6.92 Å². The van der Waals surface area contributed by atoms with Gasteiger partial charge in [-0.2, -0.15) is 0 Å². The van der Waals surface area contributed by atoms with E-state index in [2.05, 4.69) is 36.5 Å². The molecular formula is C16H19NO. The molecule has 0 aliphatic heterocycles. The van der Waals surface area contributed by atoms with Crippen LogP contribution >= 0.6 is 0 Å². The van der Waals surface area contributed by atoms with E-state index in [-0.39, 0.29) is 0 Å². The zero-order valence-electron chi connectivity index (χ0n) is 10.9. The Kier molecular flexibility index (Phi) is 4.13. The molecule has 2 heteroatoms. The number of aryl methyl sites for hydroxylation is 1. The van der Waals surface area contributed by atoms with Gasteiger partial charge < -0.3 is 10.4 Å². The number of hydrogen-bond donors (Lipinski definition) is 2. The third-order valence-corrected chi connectivity index (χ3v) is 3.13. The maximum atomic E-state index is 10.0. The van der Waals surface area contributed by atoms with Crippen molar-refractivity contribution >= 4 is 0 Å². The van der Waals surface area contributed by atoms with Crippen molar-refractivity contribution in [2.24, 2.45) is 0 Å². The SMILES string of the molecule is CNCC(O)c1ccc(C)c(-c2ccccc2)c1. The third-order valence-electron chi connectivity index (χ3n) is 3.13. The number of likely N-dealkylation sites (N-methyl/N-ethyl adjacent to an activating group) is 1. The molecule has 0 bridgehead atoms. The monoisotopic (exact) mass is 241 g/mol. The van der Waals surface area contributed by atoms with Crippen molar-refractivity contribution in [1.29, 1.82) is 0 Å². The Morgan fingerprint density at radius 3 is 2.50 bits per heavy atom. The molecule has 0 radical (unpaired) electrons. The van der Waals surface area contributed by atoms with Gasteiger partial charge in [0.25, 0.3) is 0 Å². The molecule has 0 heterocycles. The van der Waals surface area contributed by atoms with Crippen molar-refractivity contribution in [3.05, 3.63) is 59.7 Å². The van der Waals surface area contributed by atoms with Crippen molar-refractivity contribution in [1.82, 2.24) is 5.32 Å². The molecule has 2 aromatic carbocycles. The summed E-state index contributed by atoms with van der Waals surface area (Å²) in [5, 5.41) is 13.0. The molecule has 1 atom stereocenters. The van der Waals surface area contributed by atoms with Crippen LogP contribution in [0.2, 0.25) is 0 Å². The maximum Gasteiger partial charge on any atom is 0.0914 e. The van der Waals surface area contributed by atoms with E-state index >= 15 is 0 Å². The molecule has 0 spiro atoms. The first-order chi connectivity index (χ1) is 8.72. The average Bonchev–Trinajstić information content (AvgIpc) is 2.40. The van der Waals surface area contributed by atoms with Gasteiger partial charge in [-0.1, -0.05) is 42.5 Å². The van der Waals surface area contributed by atoms with Gasteiger partial charge >= 0.3 is 0 Å². The second-order valence-electron chi connectivity index (χ2n) is 4.51. The summed E-state index contributed by atoms with van der Waals surface area (Å²) in [7, 11) is 1.84. The van der Waals surface area contributed by atoms with Crippen LogP contribution in [0.5, 0.6) is 0 Å². The number of nitrogens with one attached hydrogen (secondary N) is 1. The Bertz CT molecular complexity index is 508. The van der Waals surface area contributed by atoms with E-state index in [1.54, 1.807) is 0 Å². The Hall–Kier alpha value is -1.64. The van der Waals surface area contributed by atoms with Crippen LogP contribution < -0.4 is 5.32 Å². The molecule has 0 amide bonds. The highest BCUT2D eigenvalue weighted by molar-refractivity contribution is 5.67. The fraction of sp³-hybridized carbons (Fsp3) is 0.250. The molecule has 2 rings (SSSR count). The van der Waals surface area contributed by atoms with Crippen LogP contribution in [0.25, 0.3) is 11.1 Å². The van der Waals surface area contributed by atoms with Gasteiger partial charge in [0.15, 0.2) is 0 Å². The number of rotatable bonds is 4. The summed E-state index contributed by atoms with van der Waals surface area (Å²) >= 11 is 0. The van der Waals surface area contributed by atoms with E-state index in [1.807, 2.05) is 31.3 Å². The second kappa shape index (κ2) is 5.80. The lowest BCUT2D eigenvalue weighted by atomic mass is 9.96. The minimum absolute atomic E-state index is 0.460. The molecular weight excluding hydrogens is 222 g/mol. The molecule has 0 aliphatic carbocycles. The van der Waals surface area contributed by atoms with Crippen molar-refractivity contribution in [2.75, 3.05) is 13.6 Å². The van der Waals surface area contributed by atoms with Crippen LogP contribution in [0.1, 0.15) is 17.2 Å². The lowest BCUT2D eigenvalue weighted by molar-refractivity contribution is 0.178. The molecule has 0 saturated carbocycles. The molecule has 2 aromatic rings. The first kappa shape index (κ1) is 12.8. The lowest BCUT2D eigenvalue weighted by Gasteiger charge is -2.14. The number of aliphatic hydroxyl groups is 1. The molecule has 0 fully saturated rings. The zero-order chi connectivity index (χ0) is 13.0. The highest BCUT2D eigenvalue weighted by Crippen LogP contribution is 2.26. The van der Waals surface area contributed by atoms with Gasteiger partial charge in [0, 0.05) is 6.54 Å². The van der Waals surface area contributed by atoms with Crippen molar-refractivity contribution in [3.63, 3.8) is 0 Å². The molecule has 2 N–H and O–H groups in total. The third kappa shape index (κ3) is 2.78. The van der Waals surface area contributed by atoms with Crippen LogP contribution in [0.15, 0.2) is 48.5 Å². The quantitative estimate of drug-likeness (QED) is 0.862. The molecule has 0 aliphatic rings. The van der Waals surface area contributed by atoms with E-state index in [0.29, 0.717) is 6.54 Å². The summed E-state index contributed by atoms with van der Waals surface area (Å²) < 4.78 is 0. The zero-order valence-corrected chi connectivity index (χ0v) is 10.9. The van der Waals surface area contributed by atoms with Gasteiger partial charge in [-0.25, -0.2) is 0 Å². The fourth-order valence-electron chi connectivity index (χ4n) is 2.09. The van der Waals surface area contributed by atoms with Crippen LogP contribution in [-0.2, 0) is 0 Å². The molecule has 94 valence electrons. The molecule has 0 aromatic heterocycles. The molecule has 1 unspecified atom stereocenters. The first-order valence-corrected chi connectivity index (χ1v) is 6.21. The summed E-state index contributed by atoms with van der Waals surface area (Å²) in [6.45, 7) is 2.66. The Morgan fingerprint density at radius 2 is 1.83 bits per heavy atom. The lowest BCUT2D eigenvalue weighted by Crippen LogP contribution is -2.16. The summed E-state index contributed by atoms with van der Waals surface area (Å²) in [6, 6.07) is 16.4. The first-order valence-electron chi connectivity index (χ1n) is 6.21. The normalized spacial score (nSPS) is 12.4. The highest BCUT2D eigenvalue weighted by Gasteiger charge is 2.09. The minimum atomic E-state index is -0.460. The summed E-state index contributed by atoms with van der Waals surface area (Å²) in [6.07, 6.45) is -0.460. The van der Waals surface area contributed by atoms with E-state index in [1.165, 1.54) is 16.7 Å². The Morgan fingerprint density at radius 1 is 1.11 bits per heavy atom. The van der Waals surface area contributed by atoms with Crippen molar-refractivity contribution in [3.8, 4) is 11.1 Å². The molecule has 2 nitrogen and oxygen atoms in total. The maximum absolute atomic E-state index is 10.0. The second-order valence-corrected chi connectivity index (χ2v) is 4.51. The van der Waals surface area contributed by atoms with Crippen LogP contribution in [-0.4, -0.2) is 18.7 Å². The van der Waals surface area contributed by atoms with Gasteiger partial charge in [0.2, 0.25) is 0 Å². The van der Waals surface area contributed by atoms with E-state index in [0.717, 1.165) is 5.56 Å². The van der Waals surface area contributed by atoms with Crippen LogP contribution in [0.3, 0.4) is 0 Å². The largest absolute Gasteiger partial charge is 0.387 e. The van der Waals surface area contributed by atoms with Gasteiger partial charge in [-0.15, -0.1) is 0 Å².